The molecule has 3 amide bonds. The molecule has 1 heterocycles. The van der Waals surface area contributed by atoms with Crippen LogP contribution in [-0.4, -0.2) is 53.6 Å². The van der Waals surface area contributed by atoms with Gasteiger partial charge in [0.2, 0.25) is 5.91 Å². The molecule has 0 bridgehead atoms. The van der Waals surface area contributed by atoms with Crippen molar-refractivity contribution in [3.63, 3.8) is 0 Å². The van der Waals surface area contributed by atoms with Crippen LogP contribution in [0.3, 0.4) is 0 Å². The van der Waals surface area contributed by atoms with Crippen molar-refractivity contribution in [2.75, 3.05) is 13.6 Å². The Morgan fingerprint density at radius 3 is 2.62 bits per heavy atom. The normalized spacial score (nSPS) is 28.2. The Bertz CT molecular complexity index is 463. The fourth-order valence-corrected chi connectivity index (χ4v) is 2.84. The van der Waals surface area contributed by atoms with E-state index in [1.54, 1.807) is 24.1 Å². The van der Waals surface area contributed by atoms with Gasteiger partial charge in [-0.15, -0.1) is 0 Å². The third-order valence-electron chi connectivity index (χ3n) is 4.02. The van der Waals surface area contributed by atoms with E-state index in [1.807, 2.05) is 0 Å². The van der Waals surface area contributed by atoms with E-state index in [-0.39, 0.29) is 18.0 Å². The summed E-state index contributed by atoms with van der Waals surface area (Å²) in [5.41, 5.74) is 0. The number of nitrogens with one attached hydrogen (secondary N) is 2. The lowest BCUT2D eigenvalue weighted by atomic mass is 10.0. The number of likely N-dealkylation sites (N-methyl/N-ethyl adjacent to an activating group) is 1. The van der Waals surface area contributed by atoms with E-state index in [0.29, 0.717) is 19.4 Å². The van der Waals surface area contributed by atoms with Crippen LogP contribution in [0.5, 0.6) is 0 Å². The number of likely N-dealkylation sites (tertiary alicyclic amines) is 1. The first-order valence-electron chi connectivity index (χ1n) is 7.22. The molecule has 1 aliphatic heterocycles. The molecular formula is C14H21N3O4. The Hall–Kier alpha value is -2.05. The smallest absolute Gasteiger partial charge is 0.318 e. The van der Waals surface area contributed by atoms with Crippen LogP contribution >= 0.6 is 0 Å². The summed E-state index contributed by atoms with van der Waals surface area (Å²) in [6.45, 7) is 0.544. The van der Waals surface area contributed by atoms with Crippen molar-refractivity contribution in [2.45, 2.75) is 37.8 Å². The highest BCUT2D eigenvalue weighted by atomic mass is 16.4. The van der Waals surface area contributed by atoms with Gasteiger partial charge in [-0.25, -0.2) is 4.79 Å². The quantitative estimate of drug-likeness (QED) is 0.653. The average Bonchev–Trinajstić information content (AvgIpc) is 2.95. The van der Waals surface area contributed by atoms with E-state index in [2.05, 4.69) is 10.6 Å². The summed E-state index contributed by atoms with van der Waals surface area (Å²) >= 11 is 0. The number of aliphatic carboxylic acids is 1. The molecule has 3 N–H and O–H groups in total. The predicted octanol–water partition coefficient (Wildman–Crippen LogP) is 0.326. The zero-order chi connectivity index (χ0) is 15.4. The summed E-state index contributed by atoms with van der Waals surface area (Å²) in [6.07, 6.45) is 6.12. The number of carbonyl (C=O) groups excluding carboxylic acids is 2. The number of hydrogen-bond acceptors (Lipinski definition) is 3. The molecule has 0 saturated carbocycles. The summed E-state index contributed by atoms with van der Waals surface area (Å²) < 4.78 is 0. The SMILES string of the molecule is CNC(=O)C1CCCCN1C(=O)NC1C=CC(C(=O)O)C1. The lowest BCUT2D eigenvalue weighted by Crippen LogP contribution is -2.55. The number of rotatable bonds is 3. The van der Waals surface area contributed by atoms with Crippen molar-refractivity contribution in [1.29, 1.82) is 0 Å². The van der Waals surface area contributed by atoms with Gasteiger partial charge < -0.3 is 20.6 Å². The number of amides is 3. The number of carboxylic acid groups (broad SMARTS) is 1. The summed E-state index contributed by atoms with van der Waals surface area (Å²) in [5.74, 6) is -1.59. The minimum absolute atomic E-state index is 0.157. The number of carbonyl (C=O) groups is 3. The van der Waals surface area contributed by atoms with E-state index >= 15 is 0 Å². The Morgan fingerprint density at radius 2 is 2.00 bits per heavy atom. The molecule has 0 aromatic heterocycles. The Kier molecular flexibility index (Phi) is 4.82. The highest BCUT2D eigenvalue weighted by Gasteiger charge is 2.33. The standard InChI is InChI=1S/C14H21N3O4/c1-15-12(18)11-4-2-3-7-17(11)14(21)16-10-6-5-9(8-10)13(19)20/h5-6,9-11H,2-4,7-8H2,1H3,(H,15,18)(H,16,21)(H,19,20). The summed E-state index contributed by atoms with van der Waals surface area (Å²) in [7, 11) is 1.56. The van der Waals surface area contributed by atoms with Crippen molar-refractivity contribution in [1.82, 2.24) is 15.5 Å². The molecule has 116 valence electrons. The van der Waals surface area contributed by atoms with E-state index in [1.165, 1.54) is 0 Å². The summed E-state index contributed by atoms with van der Waals surface area (Å²) in [4.78, 5) is 36.6. The van der Waals surface area contributed by atoms with Gasteiger partial charge in [-0.05, 0) is 25.7 Å². The van der Waals surface area contributed by atoms with Crippen molar-refractivity contribution in [2.24, 2.45) is 5.92 Å². The molecule has 3 atom stereocenters. The van der Waals surface area contributed by atoms with Crippen LogP contribution in [0.1, 0.15) is 25.7 Å². The monoisotopic (exact) mass is 295 g/mol. The minimum Gasteiger partial charge on any atom is -0.481 e. The molecule has 1 fully saturated rings. The molecule has 7 nitrogen and oxygen atoms in total. The molecule has 1 aliphatic carbocycles. The van der Waals surface area contributed by atoms with Crippen molar-refractivity contribution in [3.8, 4) is 0 Å². The first-order chi connectivity index (χ1) is 10.0. The molecular weight excluding hydrogens is 274 g/mol. The van der Waals surface area contributed by atoms with E-state index in [0.717, 1.165) is 12.8 Å². The minimum atomic E-state index is -0.885. The summed E-state index contributed by atoms with van der Waals surface area (Å²) in [5, 5.41) is 14.3. The molecule has 7 heteroatoms. The van der Waals surface area contributed by atoms with Crippen molar-refractivity contribution >= 4 is 17.9 Å². The first-order valence-corrected chi connectivity index (χ1v) is 7.22. The third-order valence-corrected chi connectivity index (χ3v) is 4.02. The Labute approximate surface area is 123 Å². The van der Waals surface area contributed by atoms with Gasteiger partial charge in [0, 0.05) is 13.6 Å². The predicted molar refractivity (Wildman–Crippen MR) is 75.6 cm³/mol. The van der Waals surface area contributed by atoms with Crippen LogP contribution in [0, 0.1) is 5.92 Å². The van der Waals surface area contributed by atoms with Gasteiger partial charge in [0.25, 0.3) is 0 Å². The molecule has 0 aromatic carbocycles. The number of carboxylic acids is 1. The molecule has 0 aromatic rings. The number of nitrogens with zero attached hydrogens (tertiary/aromatic N) is 1. The highest BCUT2D eigenvalue weighted by molar-refractivity contribution is 5.87. The molecule has 21 heavy (non-hydrogen) atoms. The van der Waals surface area contributed by atoms with E-state index in [4.69, 9.17) is 5.11 Å². The average molecular weight is 295 g/mol. The molecule has 0 radical (unpaired) electrons. The highest BCUT2D eigenvalue weighted by Crippen LogP contribution is 2.20. The van der Waals surface area contributed by atoms with Gasteiger partial charge in [0.1, 0.15) is 6.04 Å². The van der Waals surface area contributed by atoms with E-state index < -0.39 is 17.9 Å². The second-order valence-electron chi connectivity index (χ2n) is 5.44. The fraction of sp³-hybridized carbons (Fsp3) is 0.643. The van der Waals surface area contributed by atoms with Crippen LogP contribution in [-0.2, 0) is 9.59 Å². The van der Waals surface area contributed by atoms with Crippen LogP contribution in [0.15, 0.2) is 12.2 Å². The van der Waals surface area contributed by atoms with Crippen molar-refractivity contribution in [3.05, 3.63) is 12.2 Å². The van der Waals surface area contributed by atoms with Gasteiger partial charge in [-0.2, -0.15) is 0 Å². The van der Waals surface area contributed by atoms with Gasteiger partial charge in [0.05, 0.1) is 12.0 Å². The van der Waals surface area contributed by atoms with Gasteiger partial charge in [-0.3, -0.25) is 9.59 Å². The van der Waals surface area contributed by atoms with Gasteiger partial charge in [-0.1, -0.05) is 12.2 Å². The van der Waals surface area contributed by atoms with Gasteiger partial charge >= 0.3 is 12.0 Å². The number of piperidine rings is 1. The van der Waals surface area contributed by atoms with E-state index in [9.17, 15) is 14.4 Å². The maximum absolute atomic E-state index is 12.3. The maximum Gasteiger partial charge on any atom is 0.318 e. The van der Waals surface area contributed by atoms with Crippen LogP contribution < -0.4 is 10.6 Å². The zero-order valence-corrected chi connectivity index (χ0v) is 12.0. The second-order valence-corrected chi connectivity index (χ2v) is 5.44. The topological polar surface area (TPSA) is 98.7 Å². The lowest BCUT2D eigenvalue weighted by Gasteiger charge is -2.35. The molecule has 1 saturated heterocycles. The number of hydrogen-bond donors (Lipinski definition) is 3. The maximum atomic E-state index is 12.3. The fourth-order valence-electron chi connectivity index (χ4n) is 2.84. The third kappa shape index (κ3) is 3.53. The summed E-state index contributed by atoms with van der Waals surface area (Å²) in [6, 6.07) is -1.03. The Balaban J connectivity index is 1.94. The molecule has 0 spiro atoms. The first kappa shape index (κ1) is 15.3. The van der Waals surface area contributed by atoms with Crippen LogP contribution in [0.2, 0.25) is 0 Å². The van der Waals surface area contributed by atoms with Gasteiger partial charge in [0.15, 0.2) is 0 Å². The lowest BCUT2D eigenvalue weighted by molar-refractivity contribution is -0.140. The van der Waals surface area contributed by atoms with Crippen LogP contribution in [0.4, 0.5) is 4.79 Å². The van der Waals surface area contributed by atoms with Crippen LogP contribution in [0.25, 0.3) is 0 Å². The Morgan fingerprint density at radius 1 is 1.24 bits per heavy atom. The zero-order valence-electron chi connectivity index (χ0n) is 12.0. The van der Waals surface area contributed by atoms with Crippen molar-refractivity contribution < 1.29 is 19.5 Å². The second kappa shape index (κ2) is 6.60. The molecule has 2 aliphatic rings. The number of urea groups is 1. The molecule has 2 rings (SSSR count). The largest absolute Gasteiger partial charge is 0.481 e. The molecule has 3 unspecified atom stereocenters.